The molecule has 0 aliphatic carbocycles. The molecular formula is C20H37N3. The average Bonchev–Trinajstić information content (AvgIpc) is 3.28. The predicted octanol–water partition coefficient (Wildman–Crippen LogP) is 5.52. The van der Waals surface area contributed by atoms with E-state index in [-0.39, 0.29) is 0 Å². The smallest absolute Gasteiger partial charge is 0.0958 e. The van der Waals surface area contributed by atoms with Gasteiger partial charge in [-0.25, -0.2) is 4.98 Å². The second-order valence-corrected chi connectivity index (χ2v) is 4.98. The molecule has 3 heteroatoms. The number of aromatic nitrogens is 2. The fraction of sp³-hybridized carbons (Fsp3) is 0.650. The highest BCUT2D eigenvalue weighted by molar-refractivity contribution is 5.75. The first-order valence-corrected chi connectivity index (χ1v) is 9.47. The molecule has 0 spiro atoms. The zero-order valence-electron chi connectivity index (χ0n) is 16.4. The van der Waals surface area contributed by atoms with E-state index in [1.54, 1.807) is 0 Å². The first-order chi connectivity index (χ1) is 11.3. The SMILES string of the molecule is CC.CC.CC.Cc1ccc2ncn(CCN3CCCC3)c2c1. The van der Waals surface area contributed by atoms with Gasteiger partial charge in [0.2, 0.25) is 0 Å². The summed E-state index contributed by atoms with van der Waals surface area (Å²) in [5.74, 6) is 0. The molecule has 0 unspecified atom stereocenters. The quantitative estimate of drug-likeness (QED) is 0.743. The van der Waals surface area contributed by atoms with Gasteiger partial charge in [-0.15, -0.1) is 0 Å². The van der Waals surface area contributed by atoms with Crippen LogP contribution in [0.5, 0.6) is 0 Å². The summed E-state index contributed by atoms with van der Waals surface area (Å²) in [6.07, 6.45) is 4.70. The Morgan fingerprint density at radius 1 is 0.913 bits per heavy atom. The topological polar surface area (TPSA) is 21.1 Å². The number of imidazole rings is 1. The molecular weight excluding hydrogens is 282 g/mol. The van der Waals surface area contributed by atoms with E-state index < -0.39 is 0 Å². The minimum absolute atomic E-state index is 1.06. The first kappa shape index (κ1) is 21.6. The van der Waals surface area contributed by atoms with E-state index >= 15 is 0 Å². The molecule has 23 heavy (non-hydrogen) atoms. The lowest BCUT2D eigenvalue weighted by Gasteiger charge is -2.14. The van der Waals surface area contributed by atoms with Gasteiger partial charge < -0.3 is 9.47 Å². The monoisotopic (exact) mass is 319 g/mol. The van der Waals surface area contributed by atoms with Gasteiger partial charge in [0.1, 0.15) is 0 Å². The Balaban J connectivity index is 0.000000728. The maximum absolute atomic E-state index is 4.45. The number of aryl methyl sites for hydroxylation is 1. The third kappa shape index (κ3) is 6.74. The Kier molecular flexibility index (Phi) is 12.4. The van der Waals surface area contributed by atoms with Crippen LogP contribution >= 0.6 is 0 Å². The molecule has 3 nitrogen and oxygen atoms in total. The van der Waals surface area contributed by atoms with Crippen molar-refractivity contribution in [3.63, 3.8) is 0 Å². The molecule has 1 fully saturated rings. The van der Waals surface area contributed by atoms with Crippen molar-refractivity contribution in [1.82, 2.24) is 14.5 Å². The predicted molar refractivity (Wildman–Crippen MR) is 104 cm³/mol. The molecule has 1 aliphatic heterocycles. The zero-order chi connectivity index (χ0) is 17.7. The van der Waals surface area contributed by atoms with Crippen molar-refractivity contribution in [1.29, 1.82) is 0 Å². The minimum atomic E-state index is 1.06. The van der Waals surface area contributed by atoms with E-state index in [0.29, 0.717) is 0 Å². The second-order valence-electron chi connectivity index (χ2n) is 4.98. The Morgan fingerprint density at radius 3 is 2.13 bits per heavy atom. The molecule has 0 N–H and O–H groups in total. The van der Waals surface area contributed by atoms with E-state index in [1.165, 1.54) is 37.0 Å². The number of hydrogen-bond acceptors (Lipinski definition) is 2. The van der Waals surface area contributed by atoms with Crippen molar-refractivity contribution in [2.45, 2.75) is 67.9 Å². The van der Waals surface area contributed by atoms with Gasteiger partial charge in [-0.2, -0.15) is 0 Å². The van der Waals surface area contributed by atoms with E-state index in [0.717, 1.165) is 18.6 Å². The number of fused-ring (bicyclic) bond motifs is 1. The summed E-state index contributed by atoms with van der Waals surface area (Å²) < 4.78 is 2.28. The summed E-state index contributed by atoms with van der Waals surface area (Å²) in [6, 6.07) is 6.46. The molecule has 0 saturated carbocycles. The molecule has 3 rings (SSSR count). The van der Waals surface area contributed by atoms with E-state index in [4.69, 9.17) is 0 Å². The molecule has 1 aliphatic rings. The van der Waals surface area contributed by atoms with Crippen LogP contribution < -0.4 is 0 Å². The van der Waals surface area contributed by atoms with Crippen LogP contribution in [0.2, 0.25) is 0 Å². The summed E-state index contributed by atoms with van der Waals surface area (Å²) >= 11 is 0. The van der Waals surface area contributed by atoms with Crippen molar-refractivity contribution in [2.24, 2.45) is 0 Å². The summed E-state index contributed by atoms with van der Waals surface area (Å²) in [4.78, 5) is 6.99. The normalized spacial score (nSPS) is 13.3. The Morgan fingerprint density at radius 2 is 1.52 bits per heavy atom. The first-order valence-electron chi connectivity index (χ1n) is 9.47. The van der Waals surface area contributed by atoms with Gasteiger partial charge in [0, 0.05) is 13.1 Å². The molecule has 0 amide bonds. The van der Waals surface area contributed by atoms with Gasteiger partial charge in [0.25, 0.3) is 0 Å². The van der Waals surface area contributed by atoms with Crippen molar-refractivity contribution >= 4 is 11.0 Å². The van der Waals surface area contributed by atoms with Crippen molar-refractivity contribution < 1.29 is 0 Å². The fourth-order valence-corrected chi connectivity index (χ4v) is 2.60. The lowest BCUT2D eigenvalue weighted by molar-refractivity contribution is 0.324. The highest BCUT2D eigenvalue weighted by Gasteiger charge is 2.11. The molecule has 1 aromatic carbocycles. The van der Waals surface area contributed by atoms with E-state index in [9.17, 15) is 0 Å². The number of rotatable bonds is 3. The minimum Gasteiger partial charge on any atom is -0.329 e. The number of hydrogen-bond donors (Lipinski definition) is 0. The van der Waals surface area contributed by atoms with Crippen LogP contribution in [0.1, 0.15) is 59.9 Å². The third-order valence-electron chi connectivity index (χ3n) is 3.63. The zero-order valence-corrected chi connectivity index (χ0v) is 16.4. The number of benzene rings is 1. The summed E-state index contributed by atoms with van der Waals surface area (Å²) in [7, 11) is 0. The molecule has 2 heterocycles. The van der Waals surface area contributed by atoms with Crippen LogP contribution in [0.25, 0.3) is 11.0 Å². The van der Waals surface area contributed by atoms with Gasteiger partial charge in [-0.1, -0.05) is 47.6 Å². The molecule has 1 saturated heterocycles. The van der Waals surface area contributed by atoms with Gasteiger partial charge in [-0.3, -0.25) is 0 Å². The van der Waals surface area contributed by atoms with Crippen molar-refractivity contribution in [2.75, 3.05) is 19.6 Å². The molecule has 132 valence electrons. The number of likely N-dealkylation sites (tertiary alicyclic amines) is 1. The highest BCUT2D eigenvalue weighted by atomic mass is 15.2. The van der Waals surface area contributed by atoms with Crippen molar-refractivity contribution in [3.05, 3.63) is 30.1 Å². The average molecular weight is 320 g/mol. The van der Waals surface area contributed by atoms with E-state index in [1.807, 2.05) is 47.9 Å². The maximum Gasteiger partial charge on any atom is 0.0958 e. The number of nitrogens with zero attached hydrogens (tertiary/aromatic N) is 3. The Bertz CT molecular complexity index is 511. The molecule has 0 bridgehead atoms. The van der Waals surface area contributed by atoms with Gasteiger partial charge >= 0.3 is 0 Å². The third-order valence-corrected chi connectivity index (χ3v) is 3.63. The summed E-state index contributed by atoms with van der Waals surface area (Å²) in [6.45, 7) is 18.9. The van der Waals surface area contributed by atoms with Crippen molar-refractivity contribution in [3.8, 4) is 0 Å². The van der Waals surface area contributed by atoms with Crippen LogP contribution in [0.3, 0.4) is 0 Å². The standard InChI is InChI=1S/C14H19N3.3C2H6/c1-12-4-5-13-14(10-12)17(11-15-13)9-8-16-6-2-3-7-16;3*1-2/h4-5,10-11H,2-3,6-9H2,1H3;3*1-2H3. The molecule has 0 atom stereocenters. The second kappa shape index (κ2) is 13.1. The highest BCUT2D eigenvalue weighted by Crippen LogP contribution is 2.15. The summed E-state index contributed by atoms with van der Waals surface area (Å²) in [5.41, 5.74) is 3.68. The van der Waals surface area contributed by atoms with E-state index in [2.05, 4.69) is 39.6 Å². The molecule has 0 radical (unpaired) electrons. The van der Waals surface area contributed by atoms with Gasteiger partial charge in [0.05, 0.1) is 17.4 Å². The van der Waals surface area contributed by atoms with Crippen LogP contribution in [-0.2, 0) is 6.54 Å². The summed E-state index contributed by atoms with van der Waals surface area (Å²) in [5, 5.41) is 0. The molecule has 1 aromatic heterocycles. The largest absolute Gasteiger partial charge is 0.329 e. The lowest BCUT2D eigenvalue weighted by atomic mass is 10.2. The van der Waals surface area contributed by atoms with Crippen LogP contribution in [0.15, 0.2) is 24.5 Å². The van der Waals surface area contributed by atoms with Crippen LogP contribution in [-0.4, -0.2) is 34.1 Å². The lowest BCUT2D eigenvalue weighted by Crippen LogP contribution is -2.23. The Labute approximate surface area is 143 Å². The molecule has 2 aromatic rings. The Hall–Kier alpha value is -1.35. The van der Waals surface area contributed by atoms with Crippen LogP contribution in [0, 0.1) is 6.92 Å². The van der Waals surface area contributed by atoms with Gasteiger partial charge in [0.15, 0.2) is 0 Å². The van der Waals surface area contributed by atoms with Crippen LogP contribution in [0.4, 0.5) is 0 Å². The van der Waals surface area contributed by atoms with Gasteiger partial charge in [-0.05, 0) is 50.6 Å². The maximum atomic E-state index is 4.45. The fourth-order valence-electron chi connectivity index (χ4n) is 2.60.